The van der Waals surface area contributed by atoms with Crippen molar-refractivity contribution in [3.05, 3.63) is 71.2 Å². The lowest BCUT2D eigenvalue weighted by Crippen LogP contribution is -2.46. The number of hydrogen-bond donors (Lipinski definition) is 0. The SMILES string of the molecule is CN1CCN(C2=C(c3ccc(F)cc3)C(=O)N(c3ccc(C#N)cc3)C2=O)CC1. The van der Waals surface area contributed by atoms with Gasteiger partial charge < -0.3 is 9.80 Å². The van der Waals surface area contributed by atoms with Gasteiger partial charge in [-0.25, -0.2) is 9.29 Å². The summed E-state index contributed by atoms with van der Waals surface area (Å²) in [6.45, 7) is 2.80. The fourth-order valence-electron chi connectivity index (χ4n) is 3.64. The number of amides is 2. The zero-order valence-electron chi connectivity index (χ0n) is 15.9. The Hall–Kier alpha value is -3.50. The summed E-state index contributed by atoms with van der Waals surface area (Å²) in [5.74, 6) is -1.25. The van der Waals surface area contributed by atoms with E-state index in [4.69, 9.17) is 5.26 Å². The summed E-state index contributed by atoms with van der Waals surface area (Å²) in [5, 5.41) is 9.00. The van der Waals surface area contributed by atoms with Crippen molar-refractivity contribution in [2.24, 2.45) is 0 Å². The van der Waals surface area contributed by atoms with Gasteiger partial charge in [-0.15, -0.1) is 0 Å². The van der Waals surface area contributed by atoms with Crippen LogP contribution in [0.15, 0.2) is 54.2 Å². The maximum Gasteiger partial charge on any atom is 0.282 e. The second kappa shape index (κ2) is 7.49. The van der Waals surface area contributed by atoms with E-state index in [0.29, 0.717) is 35.6 Å². The summed E-state index contributed by atoms with van der Waals surface area (Å²) in [5.41, 5.74) is 1.99. The summed E-state index contributed by atoms with van der Waals surface area (Å²) in [7, 11) is 2.01. The molecule has 0 unspecified atom stereocenters. The summed E-state index contributed by atoms with van der Waals surface area (Å²) < 4.78 is 13.4. The summed E-state index contributed by atoms with van der Waals surface area (Å²) in [6.07, 6.45) is 0. The Morgan fingerprint density at radius 2 is 1.52 bits per heavy atom. The highest BCUT2D eigenvalue weighted by Crippen LogP contribution is 2.35. The average molecular weight is 390 g/mol. The molecule has 1 fully saturated rings. The third-order valence-corrected chi connectivity index (χ3v) is 5.27. The van der Waals surface area contributed by atoms with Crippen LogP contribution >= 0.6 is 0 Å². The molecule has 1 saturated heterocycles. The molecule has 0 spiro atoms. The molecule has 0 N–H and O–H groups in total. The molecule has 0 aromatic heterocycles. The quantitative estimate of drug-likeness (QED) is 0.752. The van der Waals surface area contributed by atoms with Gasteiger partial charge in [-0.1, -0.05) is 12.1 Å². The Morgan fingerprint density at radius 1 is 0.897 bits per heavy atom. The maximum atomic E-state index is 13.4. The second-order valence-electron chi connectivity index (χ2n) is 7.13. The van der Waals surface area contributed by atoms with Gasteiger partial charge in [-0.3, -0.25) is 9.59 Å². The van der Waals surface area contributed by atoms with Crippen molar-refractivity contribution in [3.63, 3.8) is 0 Å². The predicted molar refractivity (Wildman–Crippen MR) is 106 cm³/mol. The van der Waals surface area contributed by atoms with Gasteiger partial charge in [-0.2, -0.15) is 5.26 Å². The Bertz CT molecular complexity index is 1030. The Morgan fingerprint density at radius 3 is 2.10 bits per heavy atom. The monoisotopic (exact) mass is 390 g/mol. The van der Waals surface area contributed by atoms with E-state index in [9.17, 15) is 14.0 Å². The molecule has 7 heteroatoms. The zero-order chi connectivity index (χ0) is 20.5. The van der Waals surface area contributed by atoms with E-state index < -0.39 is 17.6 Å². The highest BCUT2D eigenvalue weighted by Gasteiger charge is 2.42. The average Bonchev–Trinajstić information content (AvgIpc) is 2.99. The number of carbonyl (C=O) groups is 2. The summed E-state index contributed by atoms with van der Waals surface area (Å²) in [4.78, 5) is 31.9. The van der Waals surface area contributed by atoms with Crippen molar-refractivity contribution < 1.29 is 14.0 Å². The minimum atomic E-state index is -0.444. The largest absolute Gasteiger partial charge is 0.364 e. The Labute approximate surface area is 168 Å². The van der Waals surface area contributed by atoms with Crippen LogP contribution in [0, 0.1) is 17.1 Å². The van der Waals surface area contributed by atoms with Crippen LogP contribution in [0.1, 0.15) is 11.1 Å². The Balaban J connectivity index is 1.79. The van der Waals surface area contributed by atoms with Gasteiger partial charge in [0.05, 0.1) is 22.9 Å². The number of likely N-dealkylation sites (N-methyl/N-ethyl adjacent to an activating group) is 1. The van der Waals surface area contributed by atoms with E-state index in [2.05, 4.69) is 4.90 Å². The van der Waals surface area contributed by atoms with Gasteiger partial charge >= 0.3 is 0 Å². The Kier molecular flexibility index (Phi) is 4.87. The third-order valence-electron chi connectivity index (χ3n) is 5.27. The molecule has 2 heterocycles. The number of anilines is 1. The van der Waals surface area contributed by atoms with Gasteiger partial charge in [0.15, 0.2) is 0 Å². The van der Waals surface area contributed by atoms with E-state index >= 15 is 0 Å². The highest BCUT2D eigenvalue weighted by molar-refractivity contribution is 6.45. The molecule has 29 heavy (non-hydrogen) atoms. The number of nitrogens with zero attached hydrogens (tertiary/aromatic N) is 4. The summed E-state index contributed by atoms with van der Waals surface area (Å²) in [6, 6.07) is 14.0. The number of hydrogen-bond acceptors (Lipinski definition) is 5. The van der Waals surface area contributed by atoms with E-state index in [-0.39, 0.29) is 5.57 Å². The lowest BCUT2D eigenvalue weighted by molar-refractivity contribution is -0.120. The predicted octanol–water partition coefficient (Wildman–Crippen LogP) is 2.23. The van der Waals surface area contributed by atoms with E-state index in [1.807, 2.05) is 18.0 Å². The molecule has 6 nitrogen and oxygen atoms in total. The lowest BCUT2D eigenvalue weighted by atomic mass is 10.0. The highest BCUT2D eigenvalue weighted by atomic mass is 19.1. The van der Waals surface area contributed by atoms with Crippen LogP contribution in [0.3, 0.4) is 0 Å². The topological polar surface area (TPSA) is 67.7 Å². The summed E-state index contributed by atoms with van der Waals surface area (Å²) >= 11 is 0. The van der Waals surface area contributed by atoms with Crippen molar-refractivity contribution in [1.29, 1.82) is 5.26 Å². The molecule has 2 aromatic rings. The molecule has 2 amide bonds. The zero-order valence-corrected chi connectivity index (χ0v) is 15.9. The molecule has 4 rings (SSSR count). The number of benzene rings is 2. The van der Waals surface area contributed by atoms with Gasteiger partial charge in [0.2, 0.25) is 0 Å². The number of imide groups is 1. The first kappa shape index (κ1) is 18.8. The molecule has 2 aromatic carbocycles. The number of halogens is 1. The van der Waals surface area contributed by atoms with Crippen LogP contribution in [-0.2, 0) is 9.59 Å². The molecular formula is C22H19FN4O2. The third kappa shape index (κ3) is 3.39. The molecular weight excluding hydrogens is 371 g/mol. The first-order chi connectivity index (χ1) is 14.0. The van der Waals surface area contributed by atoms with Crippen LogP contribution < -0.4 is 4.90 Å². The molecule has 0 radical (unpaired) electrons. The molecule has 0 atom stereocenters. The minimum absolute atomic E-state index is 0.281. The normalized spacial score (nSPS) is 17.8. The van der Waals surface area contributed by atoms with Gasteiger partial charge in [0.25, 0.3) is 11.8 Å². The standard InChI is InChI=1S/C22H19FN4O2/c1-25-10-12-26(13-11-25)20-19(16-4-6-17(23)7-5-16)21(28)27(22(20)29)18-8-2-15(14-24)3-9-18/h2-9H,10-13H2,1H3. The molecule has 2 aliphatic heterocycles. The van der Waals surface area contributed by atoms with Crippen molar-refractivity contribution in [2.75, 3.05) is 38.1 Å². The molecule has 0 saturated carbocycles. The molecule has 2 aliphatic rings. The van der Waals surface area contributed by atoms with Crippen molar-refractivity contribution in [2.45, 2.75) is 0 Å². The van der Waals surface area contributed by atoms with E-state index in [0.717, 1.165) is 18.0 Å². The molecule has 0 bridgehead atoms. The van der Waals surface area contributed by atoms with Gasteiger partial charge in [-0.05, 0) is 49.0 Å². The van der Waals surface area contributed by atoms with Crippen LogP contribution in [0.2, 0.25) is 0 Å². The second-order valence-corrected chi connectivity index (χ2v) is 7.13. The van der Waals surface area contributed by atoms with Crippen LogP contribution in [0.5, 0.6) is 0 Å². The molecule has 146 valence electrons. The number of piperazine rings is 1. The van der Waals surface area contributed by atoms with Crippen LogP contribution in [-0.4, -0.2) is 54.8 Å². The van der Waals surface area contributed by atoms with Crippen LogP contribution in [0.25, 0.3) is 5.57 Å². The maximum absolute atomic E-state index is 13.4. The fraction of sp³-hybridized carbons (Fsp3) is 0.227. The first-order valence-electron chi connectivity index (χ1n) is 9.32. The van der Waals surface area contributed by atoms with Gasteiger partial charge in [0, 0.05) is 26.2 Å². The van der Waals surface area contributed by atoms with E-state index in [1.165, 1.54) is 24.3 Å². The smallest absolute Gasteiger partial charge is 0.282 e. The van der Waals surface area contributed by atoms with Crippen LogP contribution in [0.4, 0.5) is 10.1 Å². The van der Waals surface area contributed by atoms with E-state index in [1.54, 1.807) is 24.3 Å². The lowest BCUT2D eigenvalue weighted by Gasteiger charge is -2.34. The number of nitriles is 1. The van der Waals surface area contributed by atoms with Gasteiger partial charge in [0.1, 0.15) is 11.5 Å². The number of carbonyl (C=O) groups excluding carboxylic acids is 2. The minimum Gasteiger partial charge on any atom is -0.364 e. The van der Waals surface area contributed by atoms with Crippen molar-refractivity contribution in [3.8, 4) is 6.07 Å². The number of rotatable bonds is 3. The fourth-order valence-corrected chi connectivity index (χ4v) is 3.64. The van der Waals surface area contributed by atoms with Crippen molar-refractivity contribution in [1.82, 2.24) is 9.80 Å². The van der Waals surface area contributed by atoms with Crippen molar-refractivity contribution >= 4 is 23.1 Å². The first-order valence-corrected chi connectivity index (χ1v) is 9.32. The molecule has 0 aliphatic carbocycles.